The van der Waals surface area contributed by atoms with Crippen LogP contribution >= 0.6 is 7.67 Å². The molecule has 0 radical (unpaired) electrons. The number of ether oxygens (including phenoxy) is 1. The molecule has 1 rings (SSSR count). The molecule has 1 aliphatic heterocycles. The highest BCUT2D eigenvalue weighted by Crippen LogP contribution is 2.42. The number of nitrogens with zero attached hydrogens (tertiary/aromatic N) is 2. The van der Waals surface area contributed by atoms with Crippen molar-refractivity contribution >= 4 is 13.8 Å². The molecular weight excluding hydrogens is 257 g/mol. The molecule has 0 bridgehead atoms. The molecule has 18 heavy (non-hydrogen) atoms. The Kier molecular flexibility index (Phi) is 6.08. The number of hydrogen-bond donors (Lipinski definition) is 1. The first kappa shape index (κ1) is 15.4. The number of nitrogens with two attached hydrogens (primary N) is 1. The van der Waals surface area contributed by atoms with E-state index >= 15 is 0 Å². The number of piperazine rings is 1. The number of carbonyl (C=O) groups is 1. The van der Waals surface area contributed by atoms with Crippen LogP contribution in [0.25, 0.3) is 0 Å². The van der Waals surface area contributed by atoms with Gasteiger partial charge in [-0.25, -0.2) is 15.0 Å². The van der Waals surface area contributed by atoms with Crippen molar-refractivity contribution in [3.05, 3.63) is 0 Å². The smallest absolute Gasteiger partial charge is 0.409 e. The van der Waals surface area contributed by atoms with Crippen molar-refractivity contribution in [2.75, 3.05) is 39.4 Å². The second-order valence-corrected chi connectivity index (χ2v) is 5.99. The maximum absolute atomic E-state index is 12.0. The van der Waals surface area contributed by atoms with Gasteiger partial charge in [-0.15, -0.1) is 0 Å². The molecule has 2 N–H and O–H groups in total. The van der Waals surface area contributed by atoms with Crippen LogP contribution in [0, 0.1) is 0 Å². The fourth-order valence-corrected chi connectivity index (χ4v) is 2.97. The lowest BCUT2D eigenvalue weighted by Gasteiger charge is -2.35. The molecule has 1 saturated heterocycles. The van der Waals surface area contributed by atoms with E-state index in [-0.39, 0.29) is 6.09 Å². The first-order valence-electron chi connectivity index (χ1n) is 6.21. The second kappa shape index (κ2) is 7.09. The maximum atomic E-state index is 12.0. The van der Waals surface area contributed by atoms with Gasteiger partial charge in [0.15, 0.2) is 0 Å². The lowest BCUT2D eigenvalue weighted by atomic mass is 10.4. The summed E-state index contributed by atoms with van der Waals surface area (Å²) in [5, 5.41) is 0. The van der Waals surface area contributed by atoms with Crippen LogP contribution in [-0.2, 0) is 13.8 Å². The summed E-state index contributed by atoms with van der Waals surface area (Å²) in [5.74, 6) is 0. The molecule has 0 spiro atoms. The third-order valence-electron chi connectivity index (χ3n) is 2.65. The molecule has 0 aromatic carbocycles. The van der Waals surface area contributed by atoms with Crippen LogP contribution < -0.4 is 5.50 Å². The highest BCUT2D eigenvalue weighted by molar-refractivity contribution is 7.53. The number of amides is 1. The van der Waals surface area contributed by atoms with E-state index < -0.39 is 7.67 Å². The quantitative estimate of drug-likeness (QED) is 0.762. The van der Waals surface area contributed by atoms with E-state index in [0.29, 0.717) is 39.4 Å². The van der Waals surface area contributed by atoms with E-state index in [0.717, 1.165) is 6.42 Å². The summed E-state index contributed by atoms with van der Waals surface area (Å²) in [5.41, 5.74) is 5.63. The molecule has 1 unspecified atom stereocenters. The zero-order chi connectivity index (χ0) is 13.6. The first-order chi connectivity index (χ1) is 8.51. The van der Waals surface area contributed by atoms with Gasteiger partial charge >= 0.3 is 13.8 Å². The van der Waals surface area contributed by atoms with E-state index in [1.807, 2.05) is 6.92 Å². The molecule has 0 aliphatic carbocycles. The monoisotopic (exact) mass is 279 g/mol. The van der Waals surface area contributed by atoms with Gasteiger partial charge in [-0.1, -0.05) is 6.92 Å². The lowest BCUT2D eigenvalue weighted by Crippen LogP contribution is -2.48. The number of carbonyl (C=O) groups excluding carboxylic acids is 1. The van der Waals surface area contributed by atoms with Crippen molar-refractivity contribution < 1.29 is 18.6 Å². The van der Waals surface area contributed by atoms with Crippen LogP contribution in [0.1, 0.15) is 20.3 Å². The normalized spacial score (nSPS) is 20.5. The van der Waals surface area contributed by atoms with Crippen molar-refractivity contribution in [3.8, 4) is 0 Å². The highest BCUT2D eigenvalue weighted by atomic mass is 31.2. The van der Waals surface area contributed by atoms with Gasteiger partial charge in [-0.05, 0) is 13.3 Å². The Morgan fingerprint density at radius 3 is 2.39 bits per heavy atom. The minimum absolute atomic E-state index is 0.312. The molecular formula is C10H22N3O4P. The van der Waals surface area contributed by atoms with Gasteiger partial charge in [-0.2, -0.15) is 0 Å². The fraction of sp³-hybridized carbons (Fsp3) is 0.900. The zero-order valence-corrected chi connectivity index (χ0v) is 11.9. The Balaban J connectivity index is 2.41. The Bertz CT molecular complexity index is 318. The molecule has 1 atom stereocenters. The minimum Gasteiger partial charge on any atom is -0.449 e. The average molecular weight is 279 g/mol. The standard InChI is InChI=1S/C10H22N3O4P/c1-3-9-16-10(14)12-5-7-13(8-6-12)18(11,15)17-4-2/h3-9H2,1-2H3,(H2,11,15). The summed E-state index contributed by atoms with van der Waals surface area (Å²) in [6.07, 6.45) is 0.480. The van der Waals surface area contributed by atoms with E-state index in [2.05, 4.69) is 0 Å². The molecule has 8 heteroatoms. The van der Waals surface area contributed by atoms with E-state index in [4.69, 9.17) is 14.8 Å². The first-order valence-corrected chi connectivity index (χ1v) is 7.86. The van der Waals surface area contributed by atoms with Gasteiger partial charge in [-0.3, -0.25) is 4.57 Å². The van der Waals surface area contributed by atoms with Gasteiger partial charge in [0, 0.05) is 26.2 Å². The van der Waals surface area contributed by atoms with E-state index in [1.54, 1.807) is 16.5 Å². The molecule has 0 aromatic heterocycles. The third kappa shape index (κ3) is 4.24. The molecule has 1 amide bonds. The summed E-state index contributed by atoms with van der Waals surface area (Å²) in [6, 6.07) is 0. The topological polar surface area (TPSA) is 85.1 Å². The highest BCUT2D eigenvalue weighted by Gasteiger charge is 2.32. The molecule has 1 aliphatic rings. The SMILES string of the molecule is CCCOC(=O)N1CCN(P(N)(=O)OCC)CC1. The van der Waals surface area contributed by atoms with Crippen LogP contribution in [0.5, 0.6) is 0 Å². The number of hydrogen-bond acceptors (Lipinski definition) is 4. The van der Waals surface area contributed by atoms with Crippen LogP contribution in [0.15, 0.2) is 0 Å². The molecule has 1 heterocycles. The van der Waals surface area contributed by atoms with Crippen molar-refractivity contribution in [1.29, 1.82) is 0 Å². The Morgan fingerprint density at radius 2 is 1.89 bits per heavy atom. The van der Waals surface area contributed by atoms with E-state index in [1.165, 1.54) is 0 Å². The molecule has 0 aromatic rings. The third-order valence-corrected chi connectivity index (χ3v) is 4.47. The second-order valence-electron chi connectivity index (χ2n) is 4.04. The minimum atomic E-state index is -3.19. The van der Waals surface area contributed by atoms with E-state index in [9.17, 15) is 9.36 Å². The maximum Gasteiger partial charge on any atom is 0.409 e. The van der Waals surface area contributed by atoms with Crippen molar-refractivity contribution in [2.45, 2.75) is 20.3 Å². The van der Waals surface area contributed by atoms with Gasteiger partial charge < -0.3 is 14.2 Å². The lowest BCUT2D eigenvalue weighted by molar-refractivity contribution is 0.0866. The van der Waals surface area contributed by atoms with Gasteiger partial charge in [0.2, 0.25) is 0 Å². The van der Waals surface area contributed by atoms with Crippen molar-refractivity contribution in [3.63, 3.8) is 0 Å². The van der Waals surface area contributed by atoms with Crippen molar-refractivity contribution in [1.82, 2.24) is 9.57 Å². The molecule has 1 fully saturated rings. The van der Waals surface area contributed by atoms with Crippen molar-refractivity contribution in [2.24, 2.45) is 5.50 Å². The average Bonchev–Trinajstić information content (AvgIpc) is 2.36. The summed E-state index contributed by atoms with van der Waals surface area (Å²) in [7, 11) is -3.19. The number of rotatable bonds is 5. The Labute approximate surface area is 108 Å². The summed E-state index contributed by atoms with van der Waals surface area (Å²) >= 11 is 0. The van der Waals surface area contributed by atoms with Crippen LogP contribution in [0.4, 0.5) is 4.79 Å². The summed E-state index contributed by atoms with van der Waals surface area (Å²) in [4.78, 5) is 13.2. The molecule has 7 nitrogen and oxygen atoms in total. The van der Waals surface area contributed by atoms with Crippen LogP contribution in [0.2, 0.25) is 0 Å². The summed E-state index contributed by atoms with van der Waals surface area (Å²) < 4.78 is 23.7. The molecule has 106 valence electrons. The summed E-state index contributed by atoms with van der Waals surface area (Å²) in [6.45, 7) is 6.22. The largest absolute Gasteiger partial charge is 0.449 e. The molecule has 0 saturated carbocycles. The predicted octanol–water partition coefficient (Wildman–Crippen LogP) is 1.25. The van der Waals surface area contributed by atoms with Gasteiger partial charge in [0.05, 0.1) is 13.2 Å². The predicted molar refractivity (Wildman–Crippen MR) is 68.2 cm³/mol. The zero-order valence-electron chi connectivity index (χ0n) is 11.0. The van der Waals surface area contributed by atoms with Crippen LogP contribution in [0.3, 0.4) is 0 Å². The van der Waals surface area contributed by atoms with Gasteiger partial charge in [0.25, 0.3) is 0 Å². The Morgan fingerprint density at radius 1 is 1.28 bits per heavy atom. The fourth-order valence-electron chi connectivity index (χ4n) is 1.70. The van der Waals surface area contributed by atoms with Gasteiger partial charge in [0.1, 0.15) is 0 Å². The van der Waals surface area contributed by atoms with Crippen LogP contribution in [-0.4, -0.2) is 55.1 Å². The Hall–Kier alpha value is -0.620.